The number of hydrogen-bond acceptors (Lipinski definition) is 2. The van der Waals surface area contributed by atoms with Crippen LogP contribution in [-0.2, 0) is 4.74 Å². The van der Waals surface area contributed by atoms with Gasteiger partial charge in [-0.1, -0.05) is 13.8 Å². The molecule has 0 N–H and O–H groups in total. The quantitative estimate of drug-likeness (QED) is 0.637. The molecule has 1 aliphatic heterocycles. The Hall–Kier alpha value is -0.0800. The van der Waals surface area contributed by atoms with E-state index in [9.17, 15) is 0 Å². The lowest BCUT2D eigenvalue weighted by Crippen LogP contribution is -2.17. The van der Waals surface area contributed by atoms with Gasteiger partial charge in [0.1, 0.15) is 0 Å². The van der Waals surface area contributed by atoms with Crippen LogP contribution in [0.15, 0.2) is 0 Å². The molecular formula is C10H21NO. The Labute approximate surface area is 75.9 Å². The van der Waals surface area contributed by atoms with Crippen LogP contribution in [0.3, 0.4) is 0 Å². The molecule has 2 heteroatoms. The standard InChI is InChI=1S/C10H21NO/c1-9(2)7-12-8-10-4-5-11(3)6-10/h9-10H,4-8H2,1-3H3/t10-/m0/s1. The summed E-state index contributed by atoms with van der Waals surface area (Å²) in [6.45, 7) is 8.73. The third-order valence-corrected chi connectivity index (χ3v) is 2.29. The van der Waals surface area contributed by atoms with Crippen LogP contribution in [0.1, 0.15) is 20.3 Å². The summed E-state index contributed by atoms with van der Waals surface area (Å²) < 4.78 is 5.60. The van der Waals surface area contributed by atoms with Crippen LogP contribution >= 0.6 is 0 Å². The van der Waals surface area contributed by atoms with E-state index in [1.807, 2.05) is 0 Å². The summed E-state index contributed by atoms with van der Waals surface area (Å²) in [6.07, 6.45) is 1.31. The highest BCUT2D eigenvalue weighted by Crippen LogP contribution is 2.14. The SMILES string of the molecule is CC(C)COC[C@H]1CCN(C)C1. The van der Waals surface area contributed by atoms with Gasteiger partial charge in [-0.3, -0.25) is 0 Å². The van der Waals surface area contributed by atoms with Gasteiger partial charge in [-0.05, 0) is 31.8 Å². The van der Waals surface area contributed by atoms with Gasteiger partial charge in [0.15, 0.2) is 0 Å². The maximum Gasteiger partial charge on any atom is 0.0507 e. The van der Waals surface area contributed by atoms with Crippen LogP contribution in [0, 0.1) is 11.8 Å². The second-order valence-corrected chi connectivity index (χ2v) is 4.35. The summed E-state index contributed by atoms with van der Waals surface area (Å²) in [4.78, 5) is 2.38. The summed E-state index contributed by atoms with van der Waals surface area (Å²) in [5, 5.41) is 0. The lowest BCUT2D eigenvalue weighted by Gasteiger charge is -2.12. The second kappa shape index (κ2) is 4.83. The molecule has 0 aromatic rings. The second-order valence-electron chi connectivity index (χ2n) is 4.35. The minimum absolute atomic E-state index is 0.670. The van der Waals surface area contributed by atoms with Crippen LogP contribution in [0.4, 0.5) is 0 Å². The topological polar surface area (TPSA) is 12.5 Å². The zero-order valence-corrected chi connectivity index (χ0v) is 8.55. The molecule has 0 aromatic heterocycles. The molecule has 72 valence electrons. The van der Waals surface area contributed by atoms with Crippen molar-refractivity contribution in [1.29, 1.82) is 0 Å². The van der Waals surface area contributed by atoms with Gasteiger partial charge in [-0.25, -0.2) is 0 Å². The van der Waals surface area contributed by atoms with E-state index < -0.39 is 0 Å². The molecule has 1 saturated heterocycles. The molecular weight excluding hydrogens is 150 g/mol. The van der Waals surface area contributed by atoms with Crippen LogP contribution in [0.25, 0.3) is 0 Å². The minimum Gasteiger partial charge on any atom is -0.381 e. The maximum atomic E-state index is 5.60. The lowest BCUT2D eigenvalue weighted by atomic mass is 10.1. The molecule has 0 bridgehead atoms. The number of nitrogens with zero attached hydrogens (tertiary/aromatic N) is 1. The van der Waals surface area contributed by atoms with Gasteiger partial charge in [0.05, 0.1) is 6.61 Å². The Morgan fingerprint density at radius 1 is 1.50 bits per heavy atom. The van der Waals surface area contributed by atoms with Crippen molar-refractivity contribution >= 4 is 0 Å². The first-order chi connectivity index (χ1) is 5.68. The van der Waals surface area contributed by atoms with Gasteiger partial charge in [0.2, 0.25) is 0 Å². The summed E-state index contributed by atoms with van der Waals surface area (Å²) in [7, 11) is 2.18. The highest BCUT2D eigenvalue weighted by Gasteiger charge is 2.19. The predicted octanol–water partition coefficient (Wildman–Crippen LogP) is 1.61. The monoisotopic (exact) mass is 171 g/mol. The van der Waals surface area contributed by atoms with E-state index in [-0.39, 0.29) is 0 Å². The number of likely N-dealkylation sites (tertiary alicyclic amines) is 1. The summed E-state index contributed by atoms with van der Waals surface area (Å²) in [5.74, 6) is 1.46. The van der Waals surface area contributed by atoms with Crippen LogP contribution in [-0.4, -0.2) is 38.3 Å². The van der Waals surface area contributed by atoms with E-state index in [1.165, 1.54) is 19.5 Å². The number of ether oxygens (including phenoxy) is 1. The fourth-order valence-electron chi connectivity index (χ4n) is 1.63. The molecule has 1 aliphatic rings. The molecule has 1 heterocycles. The average molecular weight is 171 g/mol. The highest BCUT2D eigenvalue weighted by atomic mass is 16.5. The normalized spacial score (nSPS) is 25.5. The van der Waals surface area contributed by atoms with E-state index in [2.05, 4.69) is 25.8 Å². The van der Waals surface area contributed by atoms with Crippen molar-refractivity contribution in [2.75, 3.05) is 33.4 Å². The van der Waals surface area contributed by atoms with Crippen molar-refractivity contribution in [2.45, 2.75) is 20.3 Å². The first-order valence-electron chi connectivity index (χ1n) is 4.94. The third kappa shape index (κ3) is 3.55. The largest absolute Gasteiger partial charge is 0.381 e. The van der Waals surface area contributed by atoms with E-state index in [0.29, 0.717) is 5.92 Å². The molecule has 0 saturated carbocycles. The Bertz CT molecular complexity index is 125. The van der Waals surface area contributed by atoms with Gasteiger partial charge in [0.25, 0.3) is 0 Å². The Morgan fingerprint density at radius 3 is 2.75 bits per heavy atom. The fraction of sp³-hybridized carbons (Fsp3) is 1.00. The zero-order chi connectivity index (χ0) is 8.97. The van der Waals surface area contributed by atoms with Crippen LogP contribution in [0.5, 0.6) is 0 Å². The molecule has 2 nitrogen and oxygen atoms in total. The van der Waals surface area contributed by atoms with E-state index in [1.54, 1.807) is 0 Å². The molecule has 0 radical (unpaired) electrons. The van der Waals surface area contributed by atoms with Crippen molar-refractivity contribution in [3.63, 3.8) is 0 Å². The van der Waals surface area contributed by atoms with Gasteiger partial charge in [0, 0.05) is 13.2 Å². The molecule has 0 aliphatic carbocycles. The smallest absolute Gasteiger partial charge is 0.0507 e. The predicted molar refractivity (Wildman–Crippen MR) is 51.3 cm³/mol. The van der Waals surface area contributed by atoms with Crippen LogP contribution in [0.2, 0.25) is 0 Å². The zero-order valence-electron chi connectivity index (χ0n) is 8.55. The van der Waals surface area contributed by atoms with Crippen molar-refractivity contribution < 1.29 is 4.74 Å². The molecule has 0 aromatic carbocycles. The number of hydrogen-bond donors (Lipinski definition) is 0. The molecule has 1 rings (SSSR count). The van der Waals surface area contributed by atoms with E-state index >= 15 is 0 Å². The van der Waals surface area contributed by atoms with E-state index in [4.69, 9.17) is 4.74 Å². The third-order valence-electron chi connectivity index (χ3n) is 2.29. The first-order valence-corrected chi connectivity index (χ1v) is 4.94. The molecule has 1 atom stereocenters. The highest BCUT2D eigenvalue weighted by molar-refractivity contribution is 4.72. The minimum atomic E-state index is 0.670. The molecule has 0 unspecified atom stereocenters. The van der Waals surface area contributed by atoms with Gasteiger partial charge < -0.3 is 9.64 Å². The molecule has 0 amide bonds. The Balaban J connectivity index is 2.00. The van der Waals surface area contributed by atoms with Crippen molar-refractivity contribution in [2.24, 2.45) is 11.8 Å². The average Bonchev–Trinajstić information content (AvgIpc) is 2.35. The van der Waals surface area contributed by atoms with Gasteiger partial charge in [-0.15, -0.1) is 0 Å². The number of rotatable bonds is 4. The summed E-state index contributed by atoms with van der Waals surface area (Å²) in [6, 6.07) is 0. The Kier molecular flexibility index (Phi) is 4.02. The van der Waals surface area contributed by atoms with Crippen LogP contribution < -0.4 is 0 Å². The summed E-state index contributed by atoms with van der Waals surface area (Å²) >= 11 is 0. The maximum absolute atomic E-state index is 5.60. The van der Waals surface area contributed by atoms with Crippen molar-refractivity contribution in [3.8, 4) is 0 Å². The lowest BCUT2D eigenvalue weighted by molar-refractivity contribution is 0.0820. The molecule has 12 heavy (non-hydrogen) atoms. The van der Waals surface area contributed by atoms with E-state index in [0.717, 1.165) is 19.1 Å². The molecule has 1 fully saturated rings. The van der Waals surface area contributed by atoms with Gasteiger partial charge in [-0.2, -0.15) is 0 Å². The fourth-order valence-corrected chi connectivity index (χ4v) is 1.63. The van der Waals surface area contributed by atoms with Crippen molar-refractivity contribution in [1.82, 2.24) is 4.90 Å². The van der Waals surface area contributed by atoms with Gasteiger partial charge >= 0.3 is 0 Å². The summed E-state index contributed by atoms with van der Waals surface area (Å²) in [5.41, 5.74) is 0. The first kappa shape index (κ1) is 10.0. The molecule has 0 spiro atoms. The Morgan fingerprint density at radius 2 is 2.25 bits per heavy atom. The van der Waals surface area contributed by atoms with Crippen molar-refractivity contribution in [3.05, 3.63) is 0 Å².